The third-order valence-electron chi connectivity index (χ3n) is 4.87. The maximum absolute atomic E-state index is 12.3. The van der Waals surface area contributed by atoms with Crippen molar-refractivity contribution >= 4 is 29.9 Å². The van der Waals surface area contributed by atoms with Gasteiger partial charge in [0.25, 0.3) is 5.91 Å². The van der Waals surface area contributed by atoms with Crippen LogP contribution in [0.5, 0.6) is 0 Å². The highest BCUT2D eigenvalue weighted by molar-refractivity contribution is 5.97. The normalized spacial score (nSPS) is 15.9. The summed E-state index contributed by atoms with van der Waals surface area (Å²) in [6, 6.07) is 5.54. The van der Waals surface area contributed by atoms with Gasteiger partial charge in [-0.05, 0) is 82.3 Å². The molecule has 5 nitrogen and oxygen atoms in total. The molecule has 1 aromatic rings. The summed E-state index contributed by atoms with van der Waals surface area (Å²) in [5.74, 6) is 0.977. The van der Waals surface area contributed by atoms with E-state index in [0.29, 0.717) is 23.8 Å². The zero-order chi connectivity index (χ0) is 18.4. The van der Waals surface area contributed by atoms with Gasteiger partial charge in [0.05, 0.1) is 0 Å². The van der Waals surface area contributed by atoms with Crippen molar-refractivity contribution in [3.8, 4) is 0 Å². The smallest absolute Gasteiger partial charge is 0.251 e. The summed E-state index contributed by atoms with van der Waals surface area (Å²) in [5, 5.41) is 9.23. The van der Waals surface area contributed by atoms with Gasteiger partial charge in [-0.1, -0.05) is 6.92 Å². The molecule has 0 radical (unpaired) electrons. The molecule has 0 saturated carbocycles. The van der Waals surface area contributed by atoms with Gasteiger partial charge >= 0.3 is 0 Å². The second kappa shape index (κ2) is 10.5. The van der Waals surface area contributed by atoms with Crippen molar-refractivity contribution in [1.29, 1.82) is 0 Å². The number of benzene rings is 1. The number of amides is 2. The Morgan fingerprint density at radius 3 is 2.42 bits per heavy atom. The molecule has 0 aliphatic carbocycles. The zero-order valence-electron chi connectivity index (χ0n) is 16.2. The number of halogens is 1. The molecule has 1 unspecified atom stereocenters. The lowest BCUT2D eigenvalue weighted by molar-refractivity contribution is -0.117. The second-order valence-corrected chi connectivity index (χ2v) is 7.47. The molecule has 1 aliphatic rings. The van der Waals surface area contributed by atoms with Gasteiger partial charge in [0.1, 0.15) is 0 Å². The molecule has 0 bridgehead atoms. The van der Waals surface area contributed by atoms with E-state index >= 15 is 0 Å². The highest BCUT2D eigenvalue weighted by atomic mass is 35.5. The number of hydrogen-bond acceptors (Lipinski definition) is 3. The Labute approximate surface area is 163 Å². The van der Waals surface area contributed by atoms with Crippen LogP contribution in [0.2, 0.25) is 0 Å². The molecule has 2 rings (SSSR count). The minimum absolute atomic E-state index is 0. The van der Waals surface area contributed by atoms with Crippen LogP contribution >= 0.6 is 12.4 Å². The number of hydrogen-bond donors (Lipinski definition) is 3. The van der Waals surface area contributed by atoms with E-state index in [4.69, 9.17) is 0 Å². The molecule has 1 aliphatic heterocycles. The first-order valence-electron chi connectivity index (χ1n) is 9.29. The van der Waals surface area contributed by atoms with Crippen molar-refractivity contribution in [3.05, 3.63) is 29.3 Å². The second-order valence-electron chi connectivity index (χ2n) is 7.47. The van der Waals surface area contributed by atoms with Crippen molar-refractivity contribution in [2.24, 2.45) is 11.8 Å². The molecule has 2 amide bonds. The van der Waals surface area contributed by atoms with E-state index in [1.165, 1.54) is 0 Å². The number of carbonyl (C=O) groups is 2. The van der Waals surface area contributed by atoms with Crippen LogP contribution in [0, 0.1) is 18.8 Å². The van der Waals surface area contributed by atoms with Crippen molar-refractivity contribution < 1.29 is 9.59 Å². The average Bonchev–Trinajstić information content (AvgIpc) is 2.54. The van der Waals surface area contributed by atoms with Crippen LogP contribution in [0.3, 0.4) is 0 Å². The number of nitrogens with one attached hydrogen (secondary N) is 3. The first kappa shape index (κ1) is 22.5. The fraction of sp³-hybridized carbons (Fsp3) is 0.600. The van der Waals surface area contributed by atoms with Gasteiger partial charge in [0, 0.05) is 23.7 Å². The quantitative estimate of drug-likeness (QED) is 0.706. The van der Waals surface area contributed by atoms with E-state index in [0.717, 1.165) is 37.2 Å². The summed E-state index contributed by atoms with van der Waals surface area (Å²) in [4.78, 5) is 24.5. The van der Waals surface area contributed by atoms with Gasteiger partial charge in [0.2, 0.25) is 5.91 Å². The standard InChI is InChI=1S/C20H31N3O2.ClH/c1-13(2)22-20(25)18-6-5-17(11-15(18)4)23-19(24)12-14(3)16-7-9-21-10-8-16;/h5-6,11,13-14,16,21H,7-10,12H2,1-4H3,(H,22,25)(H,23,24);1H. The maximum Gasteiger partial charge on any atom is 0.251 e. The highest BCUT2D eigenvalue weighted by Crippen LogP contribution is 2.25. The van der Waals surface area contributed by atoms with Crippen LogP contribution in [0.25, 0.3) is 0 Å². The molecule has 1 aromatic carbocycles. The summed E-state index contributed by atoms with van der Waals surface area (Å²) in [5.41, 5.74) is 2.26. The average molecular weight is 382 g/mol. The van der Waals surface area contributed by atoms with Crippen LogP contribution in [0.15, 0.2) is 18.2 Å². The fourth-order valence-corrected chi connectivity index (χ4v) is 3.42. The Morgan fingerprint density at radius 1 is 1.19 bits per heavy atom. The minimum atomic E-state index is -0.0788. The number of carbonyl (C=O) groups excluding carboxylic acids is 2. The number of piperidine rings is 1. The minimum Gasteiger partial charge on any atom is -0.350 e. The molecule has 1 fully saturated rings. The number of rotatable bonds is 6. The Kier molecular flexibility index (Phi) is 9.09. The monoisotopic (exact) mass is 381 g/mol. The van der Waals surface area contributed by atoms with E-state index in [2.05, 4.69) is 22.9 Å². The van der Waals surface area contributed by atoms with Gasteiger partial charge in [-0.25, -0.2) is 0 Å². The third-order valence-corrected chi connectivity index (χ3v) is 4.87. The topological polar surface area (TPSA) is 70.2 Å². The summed E-state index contributed by atoms with van der Waals surface area (Å²) in [6.07, 6.45) is 2.83. The lowest BCUT2D eigenvalue weighted by atomic mass is 9.84. The van der Waals surface area contributed by atoms with Crippen molar-refractivity contribution in [2.45, 2.75) is 53.0 Å². The summed E-state index contributed by atoms with van der Waals surface area (Å²) in [6.45, 7) is 10.0. The first-order chi connectivity index (χ1) is 11.9. The Morgan fingerprint density at radius 2 is 1.85 bits per heavy atom. The van der Waals surface area contributed by atoms with E-state index in [1.807, 2.05) is 26.8 Å². The van der Waals surface area contributed by atoms with Crippen LogP contribution in [0.1, 0.15) is 56.0 Å². The molecule has 0 spiro atoms. The molecular weight excluding hydrogens is 350 g/mol. The van der Waals surface area contributed by atoms with Gasteiger partial charge in [-0.3, -0.25) is 9.59 Å². The first-order valence-corrected chi connectivity index (χ1v) is 9.29. The summed E-state index contributed by atoms with van der Waals surface area (Å²) in [7, 11) is 0. The number of anilines is 1. The fourth-order valence-electron chi connectivity index (χ4n) is 3.42. The van der Waals surface area contributed by atoms with E-state index in [-0.39, 0.29) is 30.3 Å². The maximum atomic E-state index is 12.3. The molecule has 6 heteroatoms. The Hall–Kier alpha value is -1.59. The Bertz CT molecular complexity index is 613. The van der Waals surface area contributed by atoms with Crippen molar-refractivity contribution in [3.63, 3.8) is 0 Å². The summed E-state index contributed by atoms with van der Waals surface area (Å²) < 4.78 is 0. The van der Waals surface area contributed by atoms with E-state index < -0.39 is 0 Å². The lowest BCUT2D eigenvalue weighted by Gasteiger charge is -2.27. The molecule has 1 saturated heterocycles. The molecule has 26 heavy (non-hydrogen) atoms. The zero-order valence-corrected chi connectivity index (χ0v) is 17.0. The number of aryl methyl sites for hydroxylation is 1. The SMILES string of the molecule is Cc1cc(NC(=O)CC(C)C2CCNCC2)ccc1C(=O)NC(C)C.Cl. The highest BCUT2D eigenvalue weighted by Gasteiger charge is 2.22. The van der Waals surface area contributed by atoms with Crippen molar-refractivity contribution in [1.82, 2.24) is 10.6 Å². The van der Waals surface area contributed by atoms with Gasteiger partial charge < -0.3 is 16.0 Å². The van der Waals surface area contributed by atoms with Gasteiger partial charge in [-0.2, -0.15) is 0 Å². The molecule has 3 N–H and O–H groups in total. The van der Waals surface area contributed by atoms with Crippen molar-refractivity contribution in [2.75, 3.05) is 18.4 Å². The van der Waals surface area contributed by atoms with E-state index in [9.17, 15) is 9.59 Å². The third kappa shape index (κ3) is 6.61. The Balaban J connectivity index is 0.00000338. The molecule has 146 valence electrons. The van der Waals surface area contributed by atoms with E-state index in [1.54, 1.807) is 12.1 Å². The lowest BCUT2D eigenvalue weighted by Crippen LogP contribution is -2.32. The van der Waals surface area contributed by atoms with Crippen LogP contribution in [-0.2, 0) is 4.79 Å². The van der Waals surface area contributed by atoms with Crippen LogP contribution < -0.4 is 16.0 Å². The summed E-state index contributed by atoms with van der Waals surface area (Å²) >= 11 is 0. The largest absolute Gasteiger partial charge is 0.350 e. The molecule has 0 aromatic heterocycles. The molecule has 1 heterocycles. The van der Waals surface area contributed by atoms with Gasteiger partial charge in [0.15, 0.2) is 0 Å². The molecular formula is C20H32ClN3O2. The predicted molar refractivity (Wildman–Crippen MR) is 109 cm³/mol. The van der Waals surface area contributed by atoms with Crippen LogP contribution in [-0.4, -0.2) is 30.9 Å². The van der Waals surface area contributed by atoms with Crippen LogP contribution in [0.4, 0.5) is 5.69 Å². The molecule has 1 atom stereocenters. The van der Waals surface area contributed by atoms with Gasteiger partial charge in [-0.15, -0.1) is 12.4 Å². The predicted octanol–water partition coefficient (Wildman–Crippen LogP) is 3.52.